The van der Waals surface area contributed by atoms with Crippen LogP contribution in [0.15, 0.2) is 52.9 Å². The first-order valence-corrected chi connectivity index (χ1v) is 13.5. The molecule has 0 saturated heterocycles. The molecule has 39 heavy (non-hydrogen) atoms. The largest absolute Gasteiger partial charge is 0.491 e. The average molecular weight is 583 g/mol. The number of thiazole rings is 1. The fourth-order valence-corrected chi connectivity index (χ4v) is 5.32. The number of aromatic nitrogens is 2. The second-order valence-corrected chi connectivity index (χ2v) is 10.2. The lowest BCUT2D eigenvalue weighted by Crippen LogP contribution is -2.21. The molecule has 0 radical (unpaired) electrons. The maximum Gasteiger partial charge on any atom is 0.236 e. The molecule has 0 aliphatic heterocycles. The van der Waals surface area contributed by atoms with Crippen molar-refractivity contribution in [1.82, 2.24) is 9.97 Å². The van der Waals surface area contributed by atoms with E-state index in [1.54, 1.807) is 41.8 Å². The van der Waals surface area contributed by atoms with Crippen LogP contribution >= 0.6 is 34.7 Å². The molecule has 198 valence electrons. The number of aliphatic hydroxyl groups excluding tert-OH is 2. The number of nitrogen functional groups attached to an aromatic ring is 1. The molecule has 0 bridgehead atoms. The molecule has 4 aromatic rings. The third-order valence-electron chi connectivity index (χ3n) is 5.29. The number of nitriles is 1. The normalized spacial score (nSPS) is 11.4. The number of benzene rings is 2. The summed E-state index contributed by atoms with van der Waals surface area (Å²) in [4.78, 5) is 12.3. The molecule has 0 aliphatic carbocycles. The molecule has 13 heteroatoms. The summed E-state index contributed by atoms with van der Waals surface area (Å²) in [6.45, 7) is 7.11. The molecule has 9 nitrogen and oxygen atoms in total. The summed E-state index contributed by atoms with van der Waals surface area (Å²) in [6.07, 6.45) is -1.01. The monoisotopic (exact) mass is 582 g/mol. The lowest BCUT2D eigenvalue weighted by Gasteiger charge is -2.14. The predicted molar refractivity (Wildman–Crippen MR) is 150 cm³/mol. The SMILES string of the molecule is [C-]#[N+]c1c(N)nc(SCc2csc(Nc3cccc(Cl)c3F)n2)c(C#N)c1-c1ccc(OC[C@@H](O)CO)cc1. The molecule has 0 fully saturated rings. The van der Waals surface area contributed by atoms with E-state index in [0.717, 1.165) is 0 Å². The van der Waals surface area contributed by atoms with Gasteiger partial charge in [0.05, 0.1) is 35.1 Å². The summed E-state index contributed by atoms with van der Waals surface area (Å²) in [5, 5.41) is 34.0. The number of halogens is 2. The number of ether oxygens (including phenoxy) is 1. The molecule has 2 aromatic carbocycles. The Balaban J connectivity index is 1.56. The lowest BCUT2D eigenvalue weighted by molar-refractivity contribution is 0.0536. The summed E-state index contributed by atoms with van der Waals surface area (Å²) in [5.74, 6) is 0.202. The fourth-order valence-electron chi connectivity index (χ4n) is 3.43. The van der Waals surface area contributed by atoms with E-state index in [9.17, 15) is 14.8 Å². The smallest absolute Gasteiger partial charge is 0.236 e. The molecule has 5 N–H and O–H groups in total. The van der Waals surface area contributed by atoms with Crippen molar-refractivity contribution in [3.63, 3.8) is 0 Å². The van der Waals surface area contributed by atoms with Gasteiger partial charge in [0.25, 0.3) is 0 Å². The van der Waals surface area contributed by atoms with Gasteiger partial charge in [-0.15, -0.1) is 11.3 Å². The van der Waals surface area contributed by atoms with Crippen LogP contribution in [0.5, 0.6) is 5.75 Å². The molecule has 0 spiro atoms. The predicted octanol–water partition coefficient (Wildman–Crippen LogP) is 5.77. The summed E-state index contributed by atoms with van der Waals surface area (Å²) in [6, 6.07) is 13.4. The number of thioether (sulfide) groups is 1. The van der Waals surface area contributed by atoms with E-state index in [-0.39, 0.29) is 34.4 Å². The highest BCUT2D eigenvalue weighted by Gasteiger charge is 2.21. The summed E-state index contributed by atoms with van der Waals surface area (Å²) in [5.41, 5.74) is 8.15. The van der Waals surface area contributed by atoms with Gasteiger partial charge in [0.15, 0.2) is 10.9 Å². The zero-order valence-corrected chi connectivity index (χ0v) is 22.4. The number of rotatable bonds is 10. The Morgan fingerprint density at radius 2 is 2.05 bits per heavy atom. The van der Waals surface area contributed by atoms with Gasteiger partial charge in [0.1, 0.15) is 35.4 Å². The van der Waals surface area contributed by atoms with Crippen LogP contribution in [0.4, 0.5) is 26.7 Å². The lowest BCUT2D eigenvalue weighted by atomic mass is 10.00. The van der Waals surface area contributed by atoms with E-state index in [2.05, 4.69) is 26.2 Å². The van der Waals surface area contributed by atoms with Crippen molar-refractivity contribution in [2.24, 2.45) is 0 Å². The van der Waals surface area contributed by atoms with Crippen LogP contribution in [0.1, 0.15) is 11.3 Å². The molecule has 1 atom stereocenters. The van der Waals surface area contributed by atoms with Gasteiger partial charge in [0.2, 0.25) is 5.69 Å². The van der Waals surface area contributed by atoms with Crippen molar-refractivity contribution in [2.45, 2.75) is 16.9 Å². The molecular weight excluding hydrogens is 563 g/mol. The Morgan fingerprint density at radius 1 is 1.28 bits per heavy atom. The molecule has 0 unspecified atom stereocenters. The number of pyridine rings is 1. The topological polar surface area (TPSA) is 142 Å². The maximum absolute atomic E-state index is 14.2. The number of nitrogens with two attached hydrogens (primary N) is 1. The highest BCUT2D eigenvalue weighted by molar-refractivity contribution is 7.98. The van der Waals surface area contributed by atoms with Crippen LogP contribution in [0, 0.1) is 23.7 Å². The Morgan fingerprint density at radius 3 is 2.74 bits per heavy atom. The summed E-state index contributed by atoms with van der Waals surface area (Å²) >= 11 is 8.36. The van der Waals surface area contributed by atoms with Crippen LogP contribution in [0.3, 0.4) is 0 Å². The van der Waals surface area contributed by atoms with Crippen LogP contribution in [0.2, 0.25) is 5.02 Å². The van der Waals surface area contributed by atoms with Gasteiger partial charge in [-0.1, -0.05) is 41.6 Å². The summed E-state index contributed by atoms with van der Waals surface area (Å²) in [7, 11) is 0. The van der Waals surface area contributed by atoms with Crippen molar-refractivity contribution in [1.29, 1.82) is 5.26 Å². The molecule has 4 rings (SSSR count). The zero-order chi connectivity index (χ0) is 27.9. The molecule has 2 heterocycles. The number of aliphatic hydroxyl groups is 2. The van der Waals surface area contributed by atoms with Crippen molar-refractivity contribution in [3.05, 3.63) is 81.4 Å². The standard InChI is InChI=1S/C26H20ClFN6O3S2/c1-31-23-21(14-5-7-17(8-6-14)37-11-16(36)10-35)18(9-29)25(34-24(23)30)38-12-15-13-39-26(32-15)33-20-4-2-3-19(27)22(20)28/h2-8,13,16,35-36H,10-12H2,(H2,30,34)(H,32,33)/t16-/m0/s1. The minimum Gasteiger partial charge on any atom is -0.491 e. The van der Waals surface area contributed by atoms with E-state index in [1.165, 1.54) is 29.2 Å². The second kappa shape index (κ2) is 12.8. The zero-order valence-electron chi connectivity index (χ0n) is 20.1. The highest BCUT2D eigenvalue weighted by Crippen LogP contribution is 2.42. The third kappa shape index (κ3) is 6.57. The molecule has 0 aliphatic rings. The van der Waals surface area contributed by atoms with Gasteiger partial charge in [-0.3, -0.25) is 0 Å². The van der Waals surface area contributed by atoms with E-state index >= 15 is 0 Å². The summed E-state index contributed by atoms with van der Waals surface area (Å²) < 4.78 is 19.6. The van der Waals surface area contributed by atoms with Crippen LogP contribution < -0.4 is 15.8 Å². The van der Waals surface area contributed by atoms with Crippen molar-refractivity contribution in [3.8, 4) is 22.9 Å². The Labute approximate surface area is 236 Å². The molecule has 0 saturated carbocycles. The minimum atomic E-state index is -1.01. The van der Waals surface area contributed by atoms with E-state index in [1.807, 2.05) is 0 Å². The molecule has 2 aromatic heterocycles. The van der Waals surface area contributed by atoms with Crippen molar-refractivity contribution < 1.29 is 19.3 Å². The van der Waals surface area contributed by atoms with Gasteiger partial charge in [-0.2, -0.15) is 5.26 Å². The first-order chi connectivity index (χ1) is 18.8. The van der Waals surface area contributed by atoms with E-state index in [4.69, 9.17) is 33.8 Å². The Kier molecular flexibility index (Phi) is 9.19. The Bertz CT molecular complexity index is 1570. The van der Waals surface area contributed by atoms with Crippen LogP contribution in [0.25, 0.3) is 16.0 Å². The van der Waals surface area contributed by atoms with E-state index in [0.29, 0.717) is 38.5 Å². The van der Waals surface area contributed by atoms with Crippen molar-refractivity contribution >= 4 is 57.0 Å². The maximum atomic E-state index is 14.2. The van der Waals surface area contributed by atoms with Gasteiger partial charge in [0, 0.05) is 16.7 Å². The third-order valence-corrected chi connectivity index (χ3v) is 7.39. The highest BCUT2D eigenvalue weighted by atomic mass is 35.5. The van der Waals surface area contributed by atoms with Gasteiger partial charge < -0.3 is 26.0 Å². The van der Waals surface area contributed by atoms with Crippen molar-refractivity contribution in [2.75, 3.05) is 24.3 Å². The van der Waals surface area contributed by atoms with Gasteiger partial charge >= 0.3 is 0 Å². The second-order valence-electron chi connectivity index (χ2n) is 7.96. The quantitative estimate of drug-likeness (QED) is 0.135. The molecule has 0 amide bonds. The first kappa shape index (κ1) is 28.1. The number of nitrogens with one attached hydrogen (secondary N) is 1. The fraction of sp³-hybridized carbons (Fsp3) is 0.154. The number of hydrogen-bond acceptors (Lipinski definition) is 10. The van der Waals surface area contributed by atoms with E-state index < -0.39 is 18.5 Å². The number of nitrogens with zero attached hydrogens (tertiary/aromatic N) is 4. The minimum absolute atomic E-state index is 0.00126. The Hall–Kier alpha value is -3.91. The van der Waals surface area contributed by atoms with Crippen LogP contribution in [-0.4, -0.2) is 39.5 Å². The van der Waals surface area contributed by atoms with Gasteiger partial charge in [-0.25, -0.2) is 19.2 Å². The van der Waals surface area contributed by atoms with Crippen LogP contribution in [-0.2, 0) is 5.75 Å². The van der Waals surface area contributed by atoms with Gasteiger partial charge in [-0.05, 0) is 29.8 Å². The molecular formula is C26H20ClFN6O3S2. The average Bonchev–Trinajstić information content (AvgIpc) is 3.40. The number of anilines is 3. The number of hydrogen-bond donors (Lipinski definition) is 4. The first-order valence-electron chi connectivity index (χ1n) is 11.3.